The number of carbonyl (C=O) groups excluding carboxylic acids is 2. The summed E-state index contributed by atoms with van der Waals surface area (Å²) in [5, 5.41) is 5.28. The summed E-state index contributed by atoms with van der Waals surface area (Å²) in [4.78, 5) is 29.1. The highest BCUT2D eigenvalue weighted by molar-refractivity contribution is 7.09. The third-order valence-electron chi connectivity index (χ3n) is 4.53. The number of hydrogen-bond acceptors (Lipinski definition) is 6. The molecule has 2 aromatic heterocycles. The number of rotatable bonds is 7. The number of amides is 1. The molecule has 0 fully saturated rings. The first-order valence-corrected chi connectivity index (χ1v) is 10.6. The third-order valence-corrected chi connectivity index (χ3v) is 5.43. The van der Waals surface area contributed by atoms with Gasteiger partial charge in [-0.2, -0.15) is 0 Å². The van der Waals surface area contributed by atoms with Gasteiger partial charge in [-0.3, -0.25) is 4.79 Å². The summed E-state index contributed by atoms with van der Waals surface area (Å²) >= 11 is 1.35. The Morgan fingerprint density at radius 3 is 2.61 bits per heavy atom. The van der Waals surface area contributed by atoms with E-state index in [2.05, 4.69) is 10.3 Å². The minimum Gasteiger partial charge on any atom is -0.457 e. The fraction of sp³-hybridized carbons (Fsp3) is 0.125. The maximum absolute atomic E-state index is 12.5. The van der Waals surface area contributed by atoms with Gasteiger partial charge in [0.15, 0.2) is 0 Å². The average molecular weight is 433 g/mol. The number of anilines is 1. The van der Waals surface area contributed by atoms with E-state index in [1.165, 1.54) is 17.6 Å². The van der Waals surface area contributed by atoms with Gasteiger partial charge in [0.2, 0.25) is 11.7 Å². The van der Waals surface area contributed by atoms with Gasteiger partial charge >= 0.3 is 5.97 Å². The van der Waals surface area contributed by atoms with Gasteiger partial charge in [0.25, 0.3) is 0 Å². The number of benzene rings is 2. The van der Waals surface area contributed by atoms with E-state index in [1.54, 1.807) is 11.4 Å². The zero-order chi connectivity index (χ0) is 21.6. The molecule has 156 valence electrons. The Bertz CT molecular complexity index is 1180. The monoisotopic (exact) mass is 432 g/mol. The molecule has 31 heavy (non-hydrogen) atoms. The SMILES string of the molecule is Cc1ccc(NC(=O)Cc2nc(COC(=O)c3occc3-c3ccccc3)cs2)cc1. The van der Waals surface area contributed by atoms with Crippen molar-refractivity contribution in [3.05, 3.63) is 94.3 Å². The number of carbonyl (C=O) groups is 2. The molecule has 0 saturated carbocycles. The zero-order valence-corrected chi connectivity index (χ0v) is 17.6. The van der Waals surface area contributed by atoms with E-state index in [1.807, 2.05) is 61.5 Å². The van der Waals surface area contributed by atoms with Crippen LogP contribution in [0.2, 0.25) is 0 Å². The van der Waals surface area contributed by atoms with Crippen molar-refractivity contribution >= 4 is 28.9 Å². The highest BCUT2D eigenvalue weighted by Gasteiger charge is 2.19. The van der Waals surface area contributed by atoms with Crippen molar-refractivity contribution in [2.75, 3.05) is 5.32 Å². The van der Waals surface area contributed by atoms with Crippen LogP contribution in [0, 0.1) is 6.92 Å². The van der Waals surface area contributed by atoms with Gasteiger partial charge in [-0.25, -0.2) is 9.78 Å². The van der Waals surface area contributed by atoms with E-state index in [0.717, 1.165) is 16.8 Å². The normalized spacial score (nSPS) is 10.6. The Morgan fingerprint density at radius 1 is 1.06 bits per heavy atom. The van der Waals surface area contributed by atoms with Gasteiger partial charge in [0.1, 0.15) is 11.6 Å². The first-order chi connectivity index (χ1) is 15.1. The second-order valence-electron chi connectivity index (χ2n) is 6.93. The minimum absolute atomic E-state index is 0.00381. The molecule has 1 N–H and O–H groups in total. The van der Waals surface area contributed by atoms with Crippen LogP contribution < -0.4 is 5.32 Å². The summed E-state index contributed by atoms with van der Waals surface area (Å²) in [5.74, 6) is -0.556. The topological polar surface area (TPSA) is 81.4 Å². The van der Waals surface area contributed by atoms with Crippen LogP contribution in [0.25, 0.3) is 11.1 Å². The molecule has 7 heteroatoms. The number of nitrogens with zero attached hydrogens (tertiary/aromatic N) is 1. The molecule has 2 aromatic carbocycles. The Kier molecular flexibility index (Phi) is 6.24. The fourth-order valence-corrected chi connectivity index (χ4v) is 3.77. The maximum Gasteiger partial charge on any atom is 0.375 e. The highest BCUT2D eigenvalue weighted by Crippen LogP contribution is 2.25. The standard InChI is InChI=1S/C24H20N2O4S/c1-16-7-9-18(10-8-16)25-21(27)13-22-26-19(15-31-22)14-30-24(28)23-20(11-12-29-23)17-5-3-2-4-6-17/h2-12,15H,13-14H2,1H3,(H,25,27). The maximum atomic E-state index is 12.5. The molecule has 6 nitrogen and oxygen atoms in total. The molecule has 0 bridgehead atoms. The molecule has 0 aliphatic rings. The summed E-state index contributed by atoms with van der Waals surface area (Å²) in [7, 11) is 0. The summed E-state index contributed by atoms with van der Waals surface area (Å²) in [6.45, 7) is 1.99. The molecule has 1 amide bonds. The van der Waals surface area contributed by atoms with Crippen molar-refractivity contribution in [1.82, 2.24) is 4.98 Å². The van der Waals surface area contributed by atoms with Crippen LogP contribution >= 0.6 is 11.3 Å². The van der Waals surface area contributed by atoms with Crippen LogP contribution in [0.15, 0.2) is 76.7 Å². The first kappa shape index (κ1) is 20.6. The van der Waals surface area contributed by atoms with Gasteiger partial charge in [-0.1, -0.05) is 48.0 Å². The summed E-state index contributed by atoms with van der Waals surface area (Å²) in [6.07, 6.45) is 1.62. The number of hydrogen-bond donors (Lipinski definition) is 1. The highest BCUT2D eigenvalue weighted by atomic mass is 32.1. The number of thiazole rings is 1. The smallest absolute Gasteiger partial charge is 0.375 e. The predicted molar refractivity (Wildman–Crippen MR) is 119 cm³/mol. The number of furan rings is 1. The molecule has 4 rings (SSSR count). The Labute approximate surface area is 183 Å². The minimum atomic E-state index is -0.560. The van der Waals surface area contributed by atoms with Gasteiger partial charge in [0, 0.05) is 16.6 Å². The molecular weight excluding hydrogens is 412 g/mol. The number of esters is 1. The second-order valence-corrected chi connectivity index (χ2v) is 7.87. The second kappa shape index (κ2) is 9.40. The van der Waals surface area contributed by atoms with Crippen LogP contribution in [0.1, 0.15) is 26.8 Å². The van der Waals surface area contributed by atoms with Crippen molar-refractivity contribution in [3.63, 3.8) is 0 Å². The van der Waals surface area contributed by atoms with E-state index in [0.29, 0.717) is 16.3 Å². The van der Waals surface area contributed by atoms with Gasteiger partial charge in [0.05, 0.1) is 18.4 Å². The van der Waals surface area contributed by atoms with Gasteiger partial charge in [-0.05, 0) is 30.7 Å². The molecule has 0 saturated heterocycles. The lowest BCUT2D eigenvalue weighted by molar-refractivity contribution is -0.115. The number of nitrogens with one attached hydrogen (secondary N) is 1. The van der Waals surface area contributed by atoms with E-state index in [4.69, 9.17) is 9.15 Å². The van der Waals surface area contributed by atoms with Gasteiger partial charge in [-0.15, -0.1) is 11.3 Å². The average Bonchev–Trinajstić information content (AvgIpc) is 3.44. The molecule has 0 aliphatic carbocycles. The Morgan fingerprint density at radius 2 is 1.84 bits per heavy atom. The molecule has 0 atom stereocenters. The quantitative estimate of drug-likeness (QED) is 0.404. The molecule has 0 aliphatic heterocycles. The van der Waals surface area contributed by atoms with Crippen molar-refractivity contribution in [2.45, 2.75) is 20.0 Å². The largest absolute Gasteiger partial charge is 0.457 e. The zero-order valence-electron chi connectivity index (χ0n) is 16.8. The fourth-order valence-electron chi connectivity index (χ4n) is 2.99. The van der Waals surface area contributed by atoms with Crippen molar-refractivity contribution in [2.24, 2.45) is 0 Å². The van der Waals surface area contributed by atoms with Crippen LogP contribution in [0.4, 0.5) is 5.69 Å². The van der Waals surface area contributed by atoms with Crippen LogP contribution in [0.3, 0.4) is 0 Å². The van der Waals surface area contributed by atoms with Gasteiger partial charge < -0.3 is 14.5 Å². The molecule has 0 spiro atoms. The lowest BCUT2D eigenvalue weighted by atomic mass is 10.1. The van der Waals surface area contributed by atoms with Crippen molar-refractivity contribution in [3.8, 4) is 11.1 Å². The number of aryl methyl sites for hydroxylation is 1. The molecular formula is C24H20N2O4S. The van der Waals surface area contributed by atoms with Crippen LogP contribution in [0.5, 0.6) is 0 Å². The van der Waals surface area contributed by atoms with E-state index in [9.17, 15) is 9.59 Å². The molecule has 2 heterocycles. The van der Waals surface area contributed by atoms with Crippen molar-refractivity contribution < 1.29 is 18.7 Å². The molecule has 0 radical (unpaired) electrons. The molecule has 4 aromatic rings. The first-order valence-electron chi connectivity index (χ1n) is 9.68. The van der Waals surface area contributed by atoms with Crippen molar-refractivity contribution in [1.29, 1.82) is 0 Å². The van der Waals surface area contributed by atoms with E-state index in [-0.39, 0.29) is 24.7 Å². The third kappa shape index (κ3) is 5.26. The Balaban J connectivity index is 1.32. The number of ether oxygens (including phenoxy) is 1. The Hall–Kier alpha value is -3.71. The van der Waals surface area contributed by atoms with E-state index >= 15 is 0 Å². The predicted octanol–water partition coefficient (Wildman–Crippen LogP) is 5.25. The lowest BCUT2D eigenvalue weighted by Gasteiger charge is -2.04. The van der Waals surface area contributed by atoms with E-state index < -0.39 is 5.97 Å². The van der Waals surface area contributed by atoms with Crippen LogP contribution in [-0.4, -0.2) is 16.9 Å². The summed E-state index contributed by atoms with van der Waals surface area (Å²) < 4.78 is 10.7. The summed E-state index contributed by atoms with van der Waals surface area (Å²) in [5.41, 5.74) is 4.01. The summed E-state index contributed by atoms with van der Waals surface area (Å²) in [6, 6.07) is 18.8. The molecule has 0 unspecified atom stereocenters. The lowest BCUT2D eigenvalue weighted by Crippen LogP contribution is -2.14. The number of aromatic nitrogens is 1. The van der Waals surface area contributed by atoms with Crippen LogP contribution in [-0.2, 0) is 22.6 Å².